The second-order valence-electron chi connectivity index (χ2n) is 7.60. The van der Waals surface area contributed by atoms with Crippen LogP contribution in [0.5, 0.6) is 17.2 Å². The molecule has 5 N–H and O–H groups in total. The summed E-state index contributed by atoms with van der Waals surface area (Å²) in [5, 5.41) is 49.7. The number of benzene rings is 2. The smallest absolute Gasteiger partial charge is 0.344 e. The number of aliphatic hydroxyl groups excluding tert-OH is 4. The monoisotopic (exact) mass is 462 g/mol. The van der Waals surface area contributed by atoms with Gasteiger partial charge in [-0.2, -0.15) is 0 Å². The lowest BCUT2D eigenvalue weighted by molar-refractivity contribution is -0.277. The highest BCUT2D eigenvalue weighted by Crippen LogP contribution is 2.39. The van der Waals surface area contributed by atoms with Crippen LogP contribution >= 0.6 is 0 Å². The van der Waals surface area contributed by atoms with Crippen molar-refractivity contribution < 1.29 is 53.7 Å². The SMILES string of the molecule is O=C(O)c1cc(O[C@@H]2O[C@H](CO)[C@@H](O)[C@H](O)[C@H]2O)cc2oc(=O)c3cc4c(cc3c12)OCO4. The van der Waals surface area contributed by atoms with Crippen LogP contribution in [0.15, 0.2) is 33.5 Å². The van der Waals surface area contributed by atoms with Gasteiger partial charge in [0.1, 0.15) is 35.7 Å². The minimum absolute atomic E-state index is 0.0439. The maximum atomic E-state index is 12.6. The third kappa shape index (κ3) is 3.44. The van der Waals surface area contributed by atoms with Crippen molar-refractivity contribution in [3.8, 4) is 17.2 Å². The number of hydrogen-bond donors (Lipinski definition) is 5. The van der Waals surface area contributed by atoms with Crippen molar-refractivity contribution in [3.63, 3.8) is 0 Å². The average Bonchev–Trinajstić information content (AvgIpc) is 3.25. The summed E-state index contributed by atoms with van der Waals surface area (Å²) in [7, 11) is 0. The first-order valence-electron chi connectivity index (χ1n) is 9.83. The summed E-state index contributed by atoms with van der Waals surface area (Å²) in [6.45, 7) is -0.711. The second kappa shape index (κ2) is 7.86. The Bertz CT molecular complexity index is 1310. The fraction of sp³-hybridized carbons (Fsp3) is 0.333. The number of rotatable bonds is 4. The third-order valence-corrected chi connectivity index (χ3v) is 5.61. The summed E-state index contributed by atoms with van der Waals surface area (Å²) in [4.78, 5) is 24.6. The van der Waals surface area contributed by atoms with Gasteiger partial charge in [0, 0.05) is 16.8 Å². The van der Waals surface area contributed by atoms with E-state index in [-0.39, 0.29) is 39.8 Å². The van der Waals surface area contributed by atoms with E-state index < -0.39 is 48.9 Å². The van der Waals surface area contributed by atoms with Crippen molar-refractivity contribution in [1.82, 2.24) is 0 Å². The van der Waals surface area contributed by atoms with E-state index >= 15 is 0 Å². The Balaban J connectivity index is 1.63. The molecule has 1 fully saturated rings. The zero-order valence-electron chi connectivity index (χ0n) is 16.7. The molecule has 1 aromatic heterocycles. The minimum Gasteiger partial charge on any atom is -0.478 e. The molecule has 12 nitrogen and oxygen atoms in total. The molecule has 2 aliphatic rings. The Morgan fingerprint density at radius 3 is 2.36 bits per heavy atom. The molecular weight excluding hydrogens is 444 g/mol. The van der Waals surface area contributed by atoms with Gasteiger partial charge in [0.15, 0.2) is 11.5 Å². The number of ether oxygens (including phenoxy) is 4. The van der Waals surface area contributed by atoms with Crippen molar-refractivity contribution in [2.75, 3.05) is 13.4 Å². The number of carbonyl (C=O) groups is 1. The van der Waals surface area contributed by atoms with Crippen molar-refractivity contribution in [3.05, 3.63) is 40.2 Å². The first-order chi connectivity index (χ1) is 15.8. The number of aromatic carboxylic acids is 1. The molecule has 3 aromatic rings. The van der Waals surface area contributed by atoms with Gasteiger partial charge in [0.05, 0.1) is 17.6 Å². The summed E-state index contributed by atoms with van der Waals surface area (Å²) in [6.07, 6.45) is -7.77. The van der Waals surface area contributed by atoms with E-state index in [2.05, 4.69) is 0 Å². The quantitative estimate of drug-likeness (QED) is 0.249. The lowest BCUT2D eigenvalue weighted by Gasteiger charge is -2.39. The van der Waals surface area contributed by atoms with Crippen LogP contribution in [0.4, 0.5) is 0 Å². The molecule has 0 radical (unpaired) electrons. The summed E-state index contributed by atoms with van der Waals surface area (Å²) in [5.41, 5.74) is -1.15. The first-order valence-corrected chi connectivity index (χ1v) is 9.83. The fourth-order valence-electron chi connectivity index (χ4n) is 3.96. The van der Waals surface area contributed by atoms with Crippen molar-refractivity contribution in [2.45, 2.75) is 30.7 Å². The van der Waals surface area contributed by atoms with Gasteiger partial charge in [-0.1, -0.05) is 0 Å². The molecular formula is C21H18O12. The van der Waals surface area contributed by atoms with Crippen LogP contribution < -0.4 is 19.8 Å². The zero-order valence-corrected chi connectivity index (χ0v) is 16.7. The molecule has 5 atom stereocenters. The molecule has 0 aliphatic carbocycles. The molecule has 0 bridgehead atoms. The fourth-order valence-corrected chi connectivity index (χ4v) is 3.96. The average molecular weight is 462 g/mol. The predicted molar refractivity (Wildman–Crippen MR) is 107 cm³/mol. The second-order valence-corrected chi connectivity index (χ2v) is 7.60. The molecule has 0 amide bonds. The van der Waals surface area contributed by atoms with E-state index in [1.165, 1.54) is 18.2 Å². The normalized spacial score (nSPS) is 26.6. The summed E-state index contributed by atoms with van der Waals surface area (Å²) < 4.78 is 26.7. The lowest BCUT2D eigenvalue weighted by atomic mass is 9.99. The molecule has 0 saturated carbocycles. The lowest BCUT2D eigenvalue weighted by Crippen LogP contribution is -2.60. The number of carboxylic acid groups (broad SMARTS) is 1. The van der Waals surface area contributed by atoms with E-state index in [0.717, 1.165) is 6.07 Å². The molecule has 2 aliphatic heterocycles. The summed E-state index contributed by atoms with van der Waals surface area (Å²) >= 11 is 0. The molecule has 0 unspecified atom stereocenters. The van der Waals surface area contributed by atoms with E-state index in [4.69, 9.17) is 23.4 Å². The number of aliphatic hydroxyl groups is 4. The Morgan fingerprint density at radius 1 is 1.00 bits per heavy atom. The highest BCUT2D eigenvalue weighted by Gasteiger charge is 2.44. The summed E-state index contributed by atoms with van der Waals surface area (Å²) in [6, 6.07) is 5.26. The molecule has 2 aromatic carbocycles. The van der Waals surface area contributed by atoms with Gasteiger partial charge in [0.2, 0.25) is 13.1 Å². The van der Waals surface area contributed by atoms with Crippen LogP contribution in [0, 0.1) is 0 Å². The zero-order chi connectivity index (χ0) is 23.4. The van der Waals surface area contributed by atoms with Gasteiger partial charge in [0.25, 0.3) is 0 Å². The maximum Gasteiger partial charge on any atom is 0.344 e. The van der Waals surface area contributed by atoms with E-state index in [0.29, 0.717) is 11.5 Å². The van der Waals surface area contributed by atoms with Gasteiger partial charge in [-0.25, -0.2) is 9.59 Å². The van der Waals surface area contributed by atoms with E-state index in [1.807, 2.05) is 0 Å². The van der Waals surface area contributed by atoms with Gasteiger partial charge in [-0.05, 0) is 18.2 Å². The van der Waals surface area contributed by atoms with Crippen LogP contribution in [-0.2, 0) is 4.74 Å². The van der Waals surface area contributed by atoms with E-state index in [1.54, 1.807) is 0 Å². The van der Waals surface area contributed by atoms with Gasteiger partial charge in [-0.15, -0.1) is 0 Å². The van der Waals surface area contributed by atoms with Gasteiger partial charge in [-0.3, -0.25) is 0 Å². The van der Waals surface area contributed by atoms with Crippen LogP contribution in [0.25, 0.3) is 21.7 Å². The van der Waals surface area contributed by atoms with Crippen molar-refractivity contribution in [1.29, 1.82) is 0 Å². The first kappa shape index (κ1) is 21.4. The van der Waals surface area contributed by atoms with Gasteiger partial charge < -0.3 is 48.9 Å². The maximum absolute atomic E-state index is 12.6. The number of hydrogen-bond acceptors (Lipinski definition) is 11. The largest absolute Gasteiger partial charge is 0.478 e. The van der Waals surface area contributed by atoms with Crippen LogP contribution in [0.3, 0.4) is 0 Å². The van der Waals surface area contributed by atoms with Crippen molar-refractivity contribution in [2.24, 2.45) is 0 Å². The molecule has 3 heterocycles. The molecule has 174 valence electrons. The highest BCUT2D eigenvalue weighted by molar-refractivity contribution is 6.15. The van der Waals surface area contributed by atoms with Crippen LogP contribution in [0.1, 0.15) is 10.4 Å². The van der Waals surface area contributed by atoms with E-state index in [9.17, 15) is 35.1 Å². The Kier molecular flexibility index (Phi) is 5.11. The Hall–Kier alpha value is -3.42. The topological polar surface area (TPSA) is 185 Å². The summed E-state index contributed by atoms with van der Waals surface area (Å²) in [5.74, 6) is -0.847. The third-order valence-electron chi connectivity index (χ3n) is 5.61. The van der Waals surface area contributed by atoms with Crippen LogP contribution in [-0.4, -0.2) is 75.6 Å². The number of fused-ring (bicyclic) bond motifs is 4. The van der Waals surface area contributed by atoms with Crippen LogP contribution in [0.2, 0.25) is 0 Å². The molecule has 5 rings (SSSR count). The molecule has 12 heteroatoms. The number of carboxylic acids is 1. The van der Waals surface area contributed by atoms with Gasteiger partial charge >= 0.3 is 11.6 Å². The van der Waals surface area contributed by atoms with Crippen molar-refractivity contribution >= 4 is 27.7 Å². The standard InChI is InChI=1S/C21H18O12/c22-5-14-16(23)17(24)18(25)21(33-14)31-7-1-10(19(26)27)15-8-3-11-12(30-6-29-11)4-9(8)20(28)32-13(15)2-7/h1-4,14,16-18,21-25H,5-6H2,(H,26,27)/t14-,16-,17+,18-,21-/m1/s1. The molecule has 33 heavy (non-hydrogen) atoms. The minimum atomic E-state index is -1.71. The molecule has 1 saturated heterocycles. The predicted octanol–water partition coefficient (Wildman–Crippen LogP) is -0.448. The Labute approximate surface area is 183 Å². The Morgan fingerprint density at radius 2 is 1.70 bits per heavy atom. The molecule has 0 spiro atoms. The highest BCUT2D eigenvalue weighted by atomic mass is 16.7.